The molecule has 0 unspecified atom stereocenters. The molecular formula is C21H19N3OS. The van der Waals surface area contributed by atoms with Gasteiger partial charge in [0.05, 0.1) is 16.6 Å². The van der Waals surface area contributed by atoms with E-state index in [1.165, 1.54) is 17.3 Å². The van der Waals surface area contributed by atoms with E-state index in [9.17, 15) is 4.79 Å². The van der Waals surface area contributed by atoms with Crippen LogP contribution in [0.3, 0.4) is 0 Å². The van der Waals surface area contributed by atoms with E-state index >= 15 is 0 Å². The predicted molar refractivity (Wildman–Crippen MR) is 112 cm³/mol. The van der Waals surface area contributed by atoms with Crippen LogP contribution in [0.4, 0.5) is 17.1 Å². The molecule has 0 saturated carbocycles. The molecule has 0 aliphatic carbocycles. The van der Waals surface area contributed by atoms with Gasteiger partial charge in [0.25, 0.3) is 0 Å². The summed E-state index contributed by atoms with van der Waals surface area (Å²) in [4.78, 5) is 17.2. The molecule has 1 heterocycles. The van der Waals surface area contributed by atoms with Crippen LogP contribution in [0.2, 0.25) is 0 Å². The minimum absolute atomic E-state index is 0.0413. The highest BCUT2D eigenvalue weighted by molar-refractivity contribution is 8.15. The fourth-order valence-corrected chi connectivity index (χ4v) is 3.75. The summed E-state index contributed by atoms with van der Waals surface area (Å²) >= 11 is 1.43. The van der Waals surface area contributed by atoms with E-state index in [1.54, 1.807) is 0 Å². The lowest BCUT2D eigenvalue weighted by molar-refractivity contribution is -0.115. The second-order valence-corrected chi connectivity index (χ2v) is 7.67. The maximum absolute atomic E-state index is 12.5. The number of amides is 1. The second kappa shape index (κ2) is 6.84. The van der Waals surface area contributed by atoms with Crippen LogP contribution in [0.1, 0.15) is 12.5 Å². The van der Waals surface area contributed by atoms with Crippen molar-refractivity contribution in [2.75, 3.05) is 10.6 Å². The lowest BCUT2D eigenvalue weighted by atomic mass is 10.1. The van der Waals surface area contributed by atoms with Crippen LogP contribution in [0.15, 0.2) is 65.7 Å². The van der Waals surface area contributed by atoms with Gasteiger partial charge < -0.3 is 10.6 Å². The first-order chi connectivity index (χ1) is 12.6. The summed E-state index contributed by atoms with van der Waals surface area (Å²) in [6, 6.07) is 20.0. The third-order valence-corrected chi connectivity index (χ3v) is 5.31. The molecular weight excluding hydrogens is 342 g/mol. The van der Waals surface area contributed by atoms with Crippen LogP contribution in [-0.2, 0) is 4.79 Å². The van der Waals surface area contributed by atoms with Gasteiger partial charge in [-0.1, -0.05) is 53.7 Å². The Hall–Kier alpha value is -2.79. The average Bonchev–Trinajstić information content (AvgIpc) is 2.64. The molecule has 26 heavy (non-hydrogen) atoms. The Morgan fingerprint density at radius 1 is 1.08 bits per heavy atom. The monoisotopic (exact) mass is 361 g/mol. The van der Waals surface area contributed by atoms with Crippen molar-refractivity contribution < 1.29 is 4.79 Å². The number of carbonyl (C=O) groups is 1. The third-order valence-electron chi connectivity index (χ3n) is 4.32. The average molecular weight is 361 g/mol. The SMILES string of the molecule is Cc1ccc(NC(=O)[C@H](C)SC2=Nc3cccc4cccc(c34)N2)cc1. The molecule has 130 valence electrons. The number of benzene rings is 3. The summed E-state index contributed by atoms with van der Waals surface area (Å²) in [5.74, 6) is -0.0413. The van der Waals surface area contributed by atoms with Gasteiger partial charge in [-0.3, -0.25) is 4.79 Å². The highest BCUT2D eigenvalue weighted by Crippen LogP contribution is 2.37. The van der Waals surface area contributed by atoms with Gasteiger partial charge in [0.1, 0.15) is 0 Å². The predicted octanol–water partition coefficient (Wildman–Crippen LogP) is 5.32. The van der Waals surface area contributed by atoms with E-state index in [0.29, 0.717) is 0 Å². The number of anilines is 2. The molecule has 0 aromatic heterocycles. The van der Waals surface area contributed by atoms with Crippen molar-refractivity contribution in [3.8, 4) is 0 Å². The molecule has 2 N–H and O–H groups in total. The summed E-state index contributed by atoms with van der Waals surface area (Å²) in [7, 11) is 0. The quantitative estimate of drug-likeness (QED) is 0.664. The number of amidine groups is 1. The Labute approximate surface area is 156 Å². The first kappa shape index (κ1) is 16.7. The van der Waals surface area contributed by atoms with Crippen molar-refractivity contribution in [1.29, 1.82) is 0 Å². The number of rotatable bonds is 3. The van der Waals surface area contributed by atoms with Gasteiger partial charge in [0.2, 0.25) is 5.91 Å². The van der Waals surface area contributed by atoms with E-state index in [1.807, 2.05) is 62.4 Å². The second-order valence-electron chi connectivity index (χ2n) is 6.34. The highest BCUT2D eigenvalue weighted by Gasteiger charge is 2.20. The van der Waals surface area contributed by atoms with Crippen LogP contribution in [0.5, 0.6) is 0 Å². The molecule has 1 amide bonds. The number of thioether (sulfide) groups is 1. The molecule has 4 nitrogen and oxygen atoms in total. The van der Waals surface area contributed by atoms with Crippen LogP contribution >= 0.6 is 11.8 Å². The Kier molecular flexibility index (Phi) is 4.39. The molecule has 0 bridgehead atoms. The zero-order valence-corrected chi connectivity index (χ0v) is 15.4. The number of nitrogens with one attached hydrogen (secondary N) is 2. The highest BCUT2D eigenvalue weighted by atomic mass is 32.2. The van der Waals surface area contributed by atoms with E-state index in [2.05, 4.69) is 22.8 Å². The van der Waals surface area contributed by atoms with Gasteiger partial charge in [-0.05, 0) is 43.5 Å². The van der Waals surface area contributed by atoms with Crippen LogP contribution in [0.25, 0.3) is 10.8 Å². The van der Waals surface area contributed by atoms with Crippen molar-refractivity contribution in [1.82, 2.24) is 0 Å². The Morgan fingerprint density at radius 2 is 1.81 bits per heavy atom. The minimum atomic E-state index is -0.271. The van der Waals surface area contributed by atoms with Gasteiger partial charge in [-0.15, -0.1) is 0 Å². The molecule has 0 radical (unpaired) electrons. The zero-order valence-electron chi connectivity index (χ0n) is 14.6. The van der Waals surface area contributed by atoms with Gasteiger partial charge >= 0.3 is 0 Å². The summed E-state index contributed by atoms with van der Waals surface area (Å²) in [5, 5.41) is 9.05. The normalized spacial score (nSPS) is 13.7. The largest absolute Gasteiger partial charge is 0.334 e. The van der Waals surface area contributed by atoms with Gasteiger partial charge in [0.15, 0.2) is 5.17 Å². The molecule has 1 atom stereocenters. The summed E-state index contributed by atoms with van der Waals surface area (Å²) < 4.78 is 0. The van der Waals surface area contributed by atoms with Crippen molar-refractivity contribution >= 4 is 50.7 Å². The molecule has 0 spiro atoms. The summed E-state index contributed by atoms with van der Waals surface area (Å²) in [6.45, 7) is 3.91. The van der Waals surface area contributed by atoms with E-state index in [4.69, 9.17) is 4.99 Å². The van der Waals surface area contributed by atoms with Gasteiger partial charge in [-0.2, -0.15) is 0 Å². The zero-order chi connectivity index (χ0) is 18.1. The number of hydrogen-bond acceptors (Lipinski definition) is 4. The lowest BCUT2D eigenvalue weighted by Crippen LogP contribution is -2.25. The van der Waals surface area contributed by atoms with Crippen molar-refractivity contribution in [2.45, 2.75) is 19.1 Å². The Morgan fingerprint density at radius 3 is 2.58 bits per heavy atom. The topological polar surface area (TPSA) is 53.5 Å². The standard InChI is InChI=1S/C21H19N3OS/c1-13-9-11-16(12-10-13)22-20(25)14(2)26-21-23-17-7-3-5-15-6-4-8-18(24-21)19(15)17/h3-12,14H,1-2H3,(H,22,25)(H,23,24)/t14-/m0/s1. The molecule has 4 rings (SSSR count). The molecule has 0 fully saturated rings. The van der Waals surface area contributed by atoms with Crippen molar-refractivity contribution in [3.63, 3.8) is 0 Å². The number of nitrogens with zero attached hydrogens (tertiary/aromatic N) is 1. The Bertz CT molecular complexity index is 1010. The maximum Gasteiger partial charge on any atom is 0.237 e. The van der Waals surface area contributed by atoms with Crippen molar-refractivity contribution in [3.05, 3.63) is 66.2 Å². The first-order valence-electron chi connectivity index (χ1n) is 8.52. The summed E-state index contributed by atoms with van der Waals surface area (Å²) in [6.07, 6.45) is 0. The first-order valence-corrected chi connectivity index (χ1v) is 9.40. The number of aliphatic imine (C=N–C) groups is 1. The number of aryl methyl sites for hydroxylation is 1. The maximum atomic E-state index is 12.5. The molecule has 1 aliphatic rings. The van der Waals surface area contributed by atoms with Gasteiger partial charge in [0, 0.05) is 11.1 Å². The molecule has 3 aromatic rings. The third kappa shape index (κ3) is 3.30. The fourth-order valence-electron chi connectivity index (χ4n) is 2.93. The van der Waals surface area contributed by atoms with E-state index in [-0.39, 0.29) is 11.2 Å². The molecule has 3 aromatic carbocycles. The fraction of sp³-hybridized carbons (Fsp3) is 0.143. The number of hydrogen-bond donors (Lipinski definition) is 2. The van der Waals surface area contributed by atoms with E-state index in [0.717, 1.165) is 33.0 Å². The smallest absolute Gasteiger partial charge is 0.237 e. The summed E-state index contributed by atoms with van der Waals surface area (Å²) in [5.41, 5.74) is 3.94. The molecule has 0 saturated heterocycles. The minimum Gasteiger partial charge on any atom is -0.334 e. The molecule has 5 heteroatoms. The lowest BCUT2D eigenvalue weighted by Gasteiger charge is -2.20. The van der Waals surface area contributed by atoms with Crippen LogP contribution in [-0.4, -0.2) is 16.3 Å². The van der Waals surface area contributed by atoms with Crippen molar-refractivity contribution in [2.24, 2.45) is 4.99 Å². The Balaban J connectivity index is 1.50. The van der Waals surface area contributed by atoms with Crippen LogP contribution < -0.4 is 10.6 Å². The van der Waals surface area contributed by atoms with E-state index < -0.39 is 0 Å². The van der Waals surface area contributed by atoms with Crippen LogP contribution in [0, 0.1) is 6.92 Å². The van der Waals surface area contributed by atoms with Gasteiger partial charge in [-0.25, -0.2) is 4.99 Å². The molecule has 1 aliphatic heterocycles. The number of carbonyl (C=O) groups excluding carboxylic acids is 1.